The molecule has 4 nitrogen and oxygen atoms in total. The monoisotopic (exact) mass is 211 g/mol. The third kappa shape index (κ3) is 3.02. The number of thiazole rings is 1. The van der Waals surface area contributed by atoms with Gasteiger partial charge in [0.05, 0.1) is 10.2 Å². The third-order valence-electron chi connectivity index (χ3n) is 1.33. The van der Waals surface area contributed by atoms with Crippen LogP contribution in [-0.2, 0) is 4.79 Å². The molecule has 5 heteroatoms. The maximum absolute atomic E-state index is 10.8. The number of H-pyrrole nitrogens is 1. The van der Waals surface area contributed by atoms with Gasteiger partial charge in [0, 0.05) is 6.92 Å². The fourth-order valence-corrected chi connectivity index (χ4v) is 1.63. The molecule has 1 heterocycles. The molecule has 0 aliphatic carbocycles. The molecule has 0 aliphatic rings. The first-order valence-electron chi connectivity index (χ1n) is 3.87. The van der Waals surface area contributed by atoms with Gasteiger partial charge in [-0.05, 0) is 12.1 Å². The molecule has 0 aliphatic heterocycles. The number of para-hydroxylation sites is 1. The van der Waals surface area contributed by atoms with Crippen molar-refractivity contribution < 1.29 is 9.90 Å². The Morgan fingerprint density at radius 2 is 2.00 bits per heavy atom. The summed E-state index contributed by atoms with van der Waals surface area (Å²) in [7, 11) is 0. The number of carboxylic acids is 1. The summed E-state index contributed by atoms with van der Waals surface area (Å²) in [6.07, 6.45) is 0. The minimum absolute atomic E-state index is 0.0150. The number of aliphatic carboxylic acids is 1. The van der Waals surface area contributed by atoms with Crippen molar-refractivity contribution in [3.8, 4) is 0 Å². The Labute approximate surface area is 83.8 Å². The van der Waals surface area contributed by atoms with Crippen LogP contribution in [-0.4, -0.2) is 16.1 Å². The molecule has 2 rings (SSSR count). The second kappa shape index (κ2) is 4.57. The lowest BCUT2D eigenvalue weighted by Gasteiger charge is -1.81. The fraction of sp³-hybridized carbons (Fsp3) is 0.111. The van der Waals surface area contributed by atoms with Crippen LogP contribution >= 0.6 is 11.3 Å². The van der Waals surface area contributed by atoms with E-state index in [2.05, 4.69) is 4.98 Å². The molecule has 0 radical (unpaired) electrons. The fourth-order valence-electron chi connectivity index (χ4n) is 0.894. The summed E-state index contributed by atoms with van der Waals surface area (Å²) in [5.41, 5.74) is 0.928. The van der Waals surface area contributed by atoms with Gasteiger partial charge in [0.2, 0.25) is 0 Å². The highest BCUT2D eigenvalue weighted by Crippen LogP contribution is 2.11. The Morgan fingerprint density at radius 3 is 2.57 bits per heavy atom. The first kappa shape index (κ1) is 10.5. The first-order chi connectivity index (χ1) is 6.59. The van der Waals surface area contributed by atoms with E-state index in [0.717, 1.165) is 17.1 Å². The molecule has 0 bridgehead atoms. The molecule has 2 aromatic rings. The zero-order valence-electron chi connectivity index (χ0n) is 7.48. The normalized spacial score (nSPS) is 9.21. The summed E-state index contributed by atoms with van der Waals surface area (Å²) in [6.45, 7) is 1.08. The van der Waals surface area contributed by atoms with E-state index in [1.165, 1.54) is 11.3 Å². The highest BCUT2D eigenvalue weighted by molar-refractivity contribution is 7.16. The molecule has 1 aromatic heterocycles. The van der Waals surface area contributed by atoms with Gasteiger partial charge < -0.3 is 10.1 Å². The quantitative estimate of drug-likeness (QED) is 0.696. The van der Waals surface area contributed by atoms with Crippen molar-refractivity contribution in [3.63, 3.8) is 0 Å². The number of aromatic nitrogens is 1. The number of nitrogens with one attached hydrogen (secondary N) is 1. The van der Waals surface area contributed by atoms with Gasteiger partial charge in [0.25, 0.3) is 5.97 Å². The molecule has 14 heavy (non-hydrogen) atoms. The molecule has 0 saturated carbocycles. The molecule has 0 amide bonds. The van der Waals surface area contributed by atoms with Crippen molar-refractivity contribution in [2.75, 3.05) is 0 Å². The number of rotatable bonds is 0. The predicted molar refractivity (Wildman–Crippen MR) is 55.8 cm³/mol. The Morgan fingerprint density at radius 1 is 1.43 bits per heavy atom. The molecule has 74 valence electrons. The number of benzene rings is 1. The number of carboxylic acid groups (broad SMARTS) is 1. The number of carbonyl (C=O) groups is 1. The van der Waals surface area contributed by atoms with E-state index >= 15 is 0 Å². The smallest absolute Gasteiger partial charge is 0.305 e. The van der Waals surface area contributed by atoms with Gasteiger partial charge in [-0.15, -0.1) is 0 Å². The molecular weight excluding hydrogens is 202 g/mol. The lowest BCUT2D eigenvalue weighted by Crippen LogP contribution is -1.89. The third-order valence-corrected chi connectivity index (χ3v) is 2.19. The zero-order chi connectivity index (χ0) is 10.6. The lowest BCUT2D eigenvalue weighted by atomic mass is 10.3. The van der Waals surface area contributed by atoms with Gasteiger partial charge in [0.1, 0.15) is 0 Å². The Kier molecular flexibility index (Phi) is 3.41. The van der Waals surface area contributed by atoms with Crippen LogP contribution in [0.5, 0.6) is 0 Å². The summed E-state index contributed by atoms with van der Waals surface area (Å²) in [6, 6.07) is 7.65. The van der Waals surface area contributed by atoms with Crippen molar-refractivity contribution >= 4 is 27.5 Å². The van der Waals surface area contributed by atoms with Crippen molar-refractivity contribution in [2.24, 2.45) is 0 Å². The van der Waals surface area contributed by atoms with E-state index in [0.29, 0.717) is 0 Å². The molecule has 0 saturated heterocycles. The largest absolute Gasteiger partial charge is 0.481 e. The second-order valence-electron chi connectivity index (χ2n) is 2.53. The van der Waals surface area contributed by atoms with Crippen molar-refractivity contribution in [1.29, 1.82) is 0 Å². The summed E-state index contributed by atoms with van der Waals surface area (Å²) >= 11 is 1.24. The molecule has 0 unspecified atom stereocenters. The van der Waals surface area contributed by atoms with Crippen LogP contribution in [0.1, 0.15) is 6.92 Å². The standard InChI is InChI=1S/C7H5NOS.C2H4O2/c9-7-8-5-3-1-2-4-6(5)10-7;1-2(3)4/h1-4H,(H,8,9);1H3,(H,3,4). The predicted octanol–water partition coefficient (Wildman–Crippen LogP) is 1.68. The van der Waals surface area contributed by atoms with Crippen LogP contribution in [0.2, 0.25) is 0 Å². The average molecular weight is 211 g/mol. The summed E-state index contributed by atoms with van der Waals surface area (Å²) < 4.78 is 1.02. The Bertz CT molecular complexity index is 446. The van der Waals surface area contributed by atoms with E-state index in [1.807, 2.05) is 24.3 Å². The summed E-state index contributed by atoms with van der Waals surface area (Å²) in [5.74, 6) is -0.833. The molecule has 0 spiro atoms. The number of fused-ring (bicyclic) bond motifs is 1. The molecule has 0 fully saturated rings. The van der Waals surface area contributed by atoms with E-state index in [1.54, 1.807) is 0 Å². The van der Waals surface area contributed by atoms with Crippen LogP contribution < -0.4 is 4.87 Å². The highest BCUT2D eigenvalue weighted by atomic mass is 32.1. The van der Waals surface area contributed by atoms with Crippen molar-refractivity contribution in [1.82, 2.24) is 4.98 Å². The Balaban J connectivity index is 0.000000213. The molecule has 1 aromatic carbocycles. The van der Waals surface area contributed by atoms with Crippen molar-refractivity contribution in [2.45, 2.75) is 6.92 Å². The number of hydrogen-bond acceptors (Lipinski definition) is 3. The molecule has 2 N–H and O–H groups in total. The van der Waals surface area contributed by atoms with Crippen LogP contribution in [0.25, 0.3) is 10.2 Å². The average Bonchev–Trinajstić information content (AvgIpc) is 2.42. The van der Waals surface area contributed by atoms with Gasteiger partial charge in [-0.1, -0.05) is 23.5 Å². The van der Waals surface area contributed by atoms with Gasteiger partial charge in [-0.2, -0.15) is 0 Å². The number of hydrogen-bond donors (Lipinski definition) is 2. The highest BCUT2D eigenvalue weighted by Gasteiger charge is 1.93. The topological polar surface area (TPSA) is 70.2 Å². The van der Waals surface area contributed by atoms with Crippen LogP contribution in [0, 0.1) is 0 Å². The van der Waals surface area contributed by atoms with E-state index in [4.69, 9.17) is 9.90 Å². The second-order valence-corrected chi connectivity index (χ2v) is 3.54. The van der Waals surface area contributed by atoms with Gasteiger partial charge >= 0.3 is 4.87 Å². The van der Waals surface area contributed by atoms with Crippen LogP contribution in [0.15, 0.2) is 29.1 Å². The van der Waals surface area contributed by atoms with Crippen molar-refractivity contribution in [3.05, 3.63) is 33.9 Å². The number of aromatic amines is 1. The van der Waals surface area contributed by atoms with E-state index in [-0.39, 0.29) is 4.87 Å². The SMILES string of the molecule is CC(=O)O.O=c1[nH]c2ccccc2s1. The molecule has 0 atom stereocenters. The molecular formula is C9H9NO3S. The zero-order valence-corrected chi connectivity index (χ0v) is 8.30. The Hall–Kier alpha value is -1.62. The first-order valence-corrected chi connectivity index (χ1v) is 4.68. The summed E-state index contributed by atoms with van der Waals surface area (Å²) in [5, 5.41) is 7.42. The maximum Gasteiger partial charge on any atom is 0.305 e. The minimum Gasteiger partial charge on any atom is -0.481 e. The van der Waals surface area contributed by atoms with Gasteiger partial charge in [-0.25, -0.2) is 0 Å². The van der Waals surface area contributed by atoms with Crippen LogP contribution in [0.4, 0.5) is 0 Å². The van der Waals surface area contributed by atoms with E-state index < -0.39 is 5.97 Å². The minimum atomic E-state index is -0.833. The summed E-state index contributed by atoms with van der Waals surface area (Å²) in [4.78, 5) is 22.5. The van der Waals surface area contributed by atoms with Gasteiger partial charge in [0.15, 0.2) is 0 Å². The van der Waals surface area contributed by atoms with Gasteiger partial charge in [-0.3, -0.25) is 9.59 Å². The maximum atomic E-state index is 10.8. The van der Waals surface area contributed by atoms with Crippen LogP contribution in [0.3, 0.4) is 0 Å². The lowest BCUT2D eigenvalue weighted by molar-refractivity contribution is -0.134. The van der Waals surface area contributed by atoms with E-state index in [9.17, 15) is 4.79 Å².